The number of hydrogen-bond donors (Lipinski definition) is 0. The van der Waals surface area contributed by atoms with E-state index in [9.17, 15) is 4.21 Å². The van der Waals surface area contributed by atoms with Crippen LogP contribution in [0.3, 0.4) is 0 Å². The van der Waals surface area contributed by atoms with E-state index in [1.807, 2.05) is 37.3 Å². The third kappa shape index (κ3) is 4.89. The standard InChI is InChI=1S/C14H20N2OS/c1-3-4-10-16-18(17,11-9-15)12-14-7-5-13(2)6-8-14/h5-8H,3-4,10-12H2,1-2H3. The summed E-state index contributed by atoms with van der Waals surface area (Å²) < 4.78 is 16.8. The molecule has 0 amide bonds. The Morgan fingerprint density at radius 2 is 2.00 bits per heavy atom. The van der Waals surface area contributed by atoms with Gasteiger partial charge in [0.2, 0.25) is 0 Å². The van der Waals surface area contributed by atoms with E-state index in [1.54, 1.807) is 0 Å². The first-order chi connectivity index (χ1) is 8.59. The summed E-state index contributed by atoms with van der Waals surface area (Å²) in [7, 11) is -2.41. The van der Waals surface area contributed by atoms with Crippen molar-refractivity contribution in [3.63, 3.8) is 0 Å². The van der Waals surface area contributed by atoms with Crippen LogP contribution < -0.4 is 0 Å². The van der Waals surface area contributed by atoms with Gasteiger partial charge in [0.15, 0.2) is 0 Å². The number of nitriles is 1. The molecule has 0 saturated heterocycles. The van der Waals surface area contributed by atoms with Gasteiger partial charge in [0.25, 0.3) is 0 Å². The highest BCUT2D eigenvalue weighted by Crippen LogP contribution is 2.11. The van der Waals surface area contributed by atoms with E-state index in [0.717, 1.165) is 18.4 Å². The number of aryl methyl sites for hydroxylation is 1. The average Bonchev–Trinajstić information content (AvgIpc) is 2.33. The molecule has 1 aromatic rings. The molecule has 0 aliphatic rings. The molecule has 3 nitrogen and oxygen atoms in total. The molecule has 1 aromatic carbocycles. The van der Waals surface area contributed by atoms with Crippen molar-refractivity contribution < 1.29 is 4.21 Å². The third-order valence-electron chi connectivity index (χ3n) is 2.64. The zero-order chi connectivity index (χ0) is 13.4. The molecule has 0 heterocycles. The van der Waals surface area contributed by atoms with E-state index in [2.05, 4.69) is 11.3 Å². The van der Waals surface area contributed by atoms with Crippen LogP contribution in [0.25, 0.3) is 0 Å². The van der Waals surface area contributed by atoms with Crippen molar-refractivity contribution in [2.75, 3.05) is 12.3 Å². The summed E-state index contributed by atoms with van der Waals surface area (Å²) in [6.07, 6.45) is 1.95. The molecule has 1 atom stereocenters. The van der Waals surface area contributed by atoms with E-state index in [1.165, 1.54) is 5.56 Å². The van der Waals surface area contributed by atoms with E-state index in [-0.39, 0.29) is 5.75 Å². The summed E-state index contributed by atoms with van der Waals surface area (Å²) in [4.78, 5) is 0. The second-order valence-corrected chi connectivity index (χ2v) is 6.79. The minimum absolute atomic E-state index is 0.0184. The van der Waals surface area contributed by atoms with Gasteiger partial charge in [-0.05, 0) is 18.9 Å². The zero-order valence-electron chi connectivity index (χ0n) is 11.1. The summed E-state index contributed by atoms with van der Waals surface area (Å²) in [6.45, 7) is 4.67. The fraction of sp³-hybridized carbons (Fsp3) is 0.500. The van der Waals surface area contributed by atoms with Crippen molar-refractivity contribution in [3.05, 3.63) is 35.4 Å². The van der Waals surface area contributed by atoms with Crippen molar-refractivity contribution in [1.29, 1.82) is 5.26 Å². The number of rotatable bonds is 6. The molecule has 1 unspecified atom stereocenters. The molecule has 0 bridgehead atoms. The molecule has 0 fully saturated rings. The Labute approximate surface area is 110 Å². The second-order valence-electron chi connectivity index (χ2n) is 4.41. The number of nitrogens with zero attached hydrogens (tertiary/aromatic N) is 2. The van der Waals surface area contributed by atoms with Crippen LogP contribution in [-0.4, -0.2) is 16.5 Å². The summed E-state index contributed by atoms with van der Waals surface area (Å²) in [5, 5.41) is 8.79. The van der Waals surface area contributed by atoms with E-state index in [0.29, 0.717) is 12.3 Å². The van der Waals surface area contributed by atoms with Gasteiger partial charge in [-0.15, -0.1) is 0 Å². The summed E-state index contributed by atoms with van der Waals surface area (Å²) in [5.74, 6) is 0.398. The van der Waals surface area contributed by atoms with Crippen molar-refractivity contribution in [2.45, 2.75) is 32.4 Å². The lowest BCUT2D eigenvalue weighted by molar-refractivity contribution is 0.674. The van der Waals surface area contributed by atoms with Gasteiger partial charge < -0.3 is 0 Å². The Morgan fingerprint density at radius 1 is 1.33 bits per heavy atom. The largest absolute Gasteiger partial charge is 0.248 e. The minimum atomic E-state index is -2.41. The number of unbranched alkanes of at least 4 members (excludes halogenated alkanes) is 1. The molecule has 0 aliphatic heterocycles. The van der Waals surface area contributed by atoms with Gasteiger partial charge >= 0.3 is 0 Å². The molecular weight excluding hydrogens is 244 g/mol. The van der Waals surface area contributed by atoms with E-state index < -0.39 is 9.73 Å². The van der Waals surface area contributed by atoms with Crippen LogP contribution in [0.4, 0.5) is 0 Å². The van der Waals surface area contributed by atoms with Gasteiger partial charge in [0.1, 0.15) is 5.75 Å². The Kier molecular flexibility index (Phi) is 5.87. The van der Waals surface area contributed by atoms with Crippen molar-refractivity contribution in [1.82, 2.24) is 0 Å². The molecule has 0 N–H and O–H groups in total. The normalized spacial score (nSPS) is 13.6. The maximum absolute atomic E-state index is 12.5. The predicted molar refractivity (Wildman–Crippen MR) is 75.7 cm³/mol. The smallest absolute Gasteiger partial charge is 0.119 e. The number of benzene rings is 1. The first-order valence-corrected chi connectivity index (χ1v) is 8.06. The fourth-order valence-electron chi connectivity index (χ4n) is 1.58. The first-order valence-electron chi connectivity index (χ1n) is 6.20. The maximum atomic E-state index is 12.5. The summed E-state index contributed by atoms with van der Waals surface area (Å²) in [6, 6.07) is 9.90. The molecule has 98 valence electrons. The number of hydrogen-bond acceptors (Lipinski definition) is 3. The molecule has 18 heavy (non-hydrogen) atoms. The fourth-order valence-corrected chi connectivity index (χ4v) is 3.24. The topological polar surface area (TPSA) is 53.2 Å². The zero-order valence-corrected chi connectivity index (χ0v) is 11.9. The van der Waals surface area contributed by atoms with Gasteiger partial charge in [-0.2, -0.15) is 5.26 Å². The van der Waals surface area contributed by atoms with Crippen LogP contribution in [-0.2, 0) is 15.5 Å². The Hall–Kier alpha value is -1.34. The minimum Gasteiger partial charge on any atom is -0.248 e. The Bertz CT molecular complexity index is 520. The van der Waals surface area contributed by atoms with E-state index >= 15 is 0 Å². The van der Waals surface area contributed by atoms with Crippen LogP contribution in [0, 0.1) is 18.3 Å². The highest BCUT2D eigenvalue weighted by molar-refractivity contribution is 7.93. The highest BCUT2D eigenvalue weighted by Gasteiger charge is 2.09. The first kappa shape index (κ1) is 14.7. The van der Waals surface area contributed by atoms with Gasteiger partial charge in [-0.25, -0.2) is 8.57 Å². The van der Waals surface area contributed by atoms with Crippen LogP contribution in [0.5, 0.6) is 0 Å². The lowest BCUT2D eigenvalue weighted by atomic mass is 10.2. The molecule has 1 rings (SSSR count). The molecular formula is C14H20N2OS. The lowest BCUT2D eigenvalue weighted by Gasteiger charge is -2.07. The van der Waals surface area contributed by atoms with Crippen molar-refractivity contribution >= 4 is 9.73 Å². The van der Waals surface area contributed by atoms with Crippen LogP contribution >= 0.6 is 0 Å². The van der Waals surface area contributed by atoms with Gasteiger partial charge in [-0.3, -0.25) is 0 Å². The van der Waals surface area contributed by atoms with Crippen LogP contribution in [0.1, 0.15) is 30.9 Å². The predicted octanol–water partition coefficient (Wildman–Crippen LogP) is 3.29. The third-order valence-corrected chi connectivity index (χ3v) is 4.66. The monoisotopic (exact) mass is 264 g/mol. The average molecular weight is 264 g/mol. The molecule has 4 heteroatoms. The Morgan fingerprint density at radius 3 is 2.56 bits per heavy atom. The summed E-state index contributed by atoms with van der Waals surface area (Å²) in [5.41, 5.74) is 2.16. The van der Waals surface area contributed by atoms with E-state index in [4.69, 9.17) is 5.26 Å². The SMILES string of the molecule is CCCCN=S(=O)(CC#N)Cc1ccc(C)cc1. The van der Waals surface area contributed by atoms with Gasteiger partial charge in [-0.1, -0.05) is 43.2 Å². The van der Waals surface area contributed by atoms with Crippen molar-refractivity contribution in [2.24, 2.45) is 4.36 Å². The molecule has 0 radical (unpaired) electrons. The highest BCUT2D eigenvalue weighted by atomic mass is 32.2. The van der Waals surface area contributed by atoms with Crippen molar-refractivity contribution in [3.8, 4) is 6.07 Å². The van der Waals surface area contributed by atoms with Gasteiger partial charge in [0.05, 0.1) is 21.6 Å². The molecule has 0 aromatic heterocycles. The lowest BCUT2D eigenvalue weighted by Crippen LogP contribution is -2.09. The molecule has 0 spiro atoms. The van der Waals surface area contributed by atoms with Gasteiger partial charge in [0, 0.05) is 6.54 Å². The summed E-state index contributed by atoms with van der Waals surface area (Å²) >= 11 is 0. The quantitative estimate of drug-likeness (QED) is 0.740. The maximum Gasteiger partial charge on any atom is 0.119 e. The molecule has 0 saturated carbocycles. The molecule has 0 aliphatic carbocycles. The van der Waals surface area contributed by atoms with Crippen LogP contribution in [0.2, 0.25) is 0 Å². The van der Waals surface area contributed by atoms with Crippen LogP contribution in [0.15, 0.2) is 28.6 Å². The Balaban J connectivity index is 2.86. The second kappa shape index (κ2) is 7.17.